The molecule has 0 spiro atoms. The minimum Gasteiger partial charge on any atom is -0.378 e. The van der Waals surface area contributed by atoms with Crippen LogP contribution in [-0.2, 0) is 11.2 Å². The van der Waals surface area contributed by atoms with Crippen LogP contribution >= 0.6 is 15.9 Å². The van der Waals surface area contributed by atoms with Crippen LogP contribution in [0.2, 0.25) is 0 Å². The fourth-order valence-corrected chi connectivity index (χ4v) is 3.58. The molecule has 1 amide bonds. The largest absolute Gasteiger partial charge is 0.378 e. The second kappa shape index (κ2) is 5.25. The zero-order chi connectivity index (χ0) is 13.4. The molecule has 0 bridgehead atoms. The number of fused-ring (bicyclic) bond motifs is 1. The summed E-state index contributed by atoms with van der Waals surface area (Å²) in [6.07, 6.45) is 2.34. The molecule has 4 heteroatoms. The normalized spacial score (nSPS) is 27.8. The molecule has 2 heterocycles. The maximum Gasteiger partial charge on any atom is 0.251 e. The fourth-order valence-electron chi connectivity index (χ4n) is 2.93. The first-order valence-corrected chi connectivity index (χ1v) is 7.73. The SMILES string of the molecule is CC1CC(C(Br)c2ccc3c(c2)C(=O)NCC3)CO1. The first-order valence-electron chi connectivity index (χ1n) is 6.82. The summed E-state index contributed by atoms with van der Waals surface area (Å²) in [5, 5.41) is 2.90. The van der Waals surface area contributed by atoms with Crippen molar-refractivity contribution in [2.24, 2.45) is 5.92 Å². The van der Waals surface area contributed by atoms with Gasteiger partial charge in [-0.1, -0.05) is 28.1 Å². The average molecular weight is 324 g/mol. The van der Waals surface area contributed by atoms with E-state index in [0.717, 1.165) is 37.1 Å². The van der Waals surface area contributed by atoms with E-state index in [9.17, 15) is 4.79 Å². The van der Waals surface area contributed by atoms with Crippen molar-refractivity contribution in [1.29, 1.82) is 0 Å². The van der Waals surface area contributed by atoms with Gasteiger partial charge in [-0.2, -0.15) is 0 Å². The van der Waals surface area contributed by atoms with Crippen molar-refractivity contribution >= 4 is 21.8 Å². The summed E-state index contributed by atoms with van der Waals surface area (Å²) >= 11 is 3.78. The zero-order valence-electron chi connectivity index (χ0n) is 11.0. The Hall–Kier alpha value is -0.870. The molecule has 0 radical (unpaired) electrons. The van der Waals surface area contributed by atoms with Crippen molar-refractivity contribution in [3.05, 3.63) is 34.9 Å². The number of ether oxygens (including phenoxy) is 1. The highest BCUT2D eigenvalue weighted by molar-refractivity contribution is 9.09. The Morgan fingerprint density at radius 3 is 3.05 bits per heavy atom. The Kier molecular flexibility index (Phi) is 3.63. The summed E-state index contributed by atoms with van der Waals surface area (Å²) in [5.41, 5.74) is 3.17. The van der Waals surface area contributed by atoms with Gasteiger partial charge in [-0.25, -0.2) is 0 Å². The first-order chi connectivity index (χ1) is 9.15. The maximum atomic E-state index is 11.9. The smallest absolute Gasteiger partial charge is 0.251 e. The van der Waals surface area contributed by atoms with E-state index in [1.807, 2.05) is 6.07 Å². The van der Waals surface area contributed by atoms with Crippen molar-refractivity contribution in [2.75, 3.05) is 13.2 Å². The van der Waals surface area contributed by atoms with Crippen LogP contribution in [0, 0.1) is 5.92 Å². The molecule has 1 aromatic rings. The third-order valence-corrected chi connectivity index (χ3v) is 5.30. The van der Waals surface area contributed by atoms with Crippen molar-refractivity contribution < 1.29 is 9.53 Å². The topological polar surface area (TPSA) is 38.3 Å². The number of halogens is 1. The number of carbonyl (C=O) groups excluding carboxylic acids is 1. The van der Waals surface area contributed by atoms with E-state index in [2.05, 4.69) is 40.3 Å². The monoisotopic (exact) mass is 323 g/mol. The fraction of sp³-hybridized carbons (Fsp3) is 0.533. The highest BCUT2D eigenvalue weighted by atomic mass is 79.9. The molecule has 1 N–H and O–H groups in total. The molecule has 1 saturated heterocycles. The van der Waals surface area contributed by atoms with E-state index < -0.39 is 0 Å². The molecule has 1 fully saturated rings. The Balaban J connectivity index is 1.85. The molecule has 1 aromatic carbocycles. The number of benzene rings is 1. The number of amides is 1. The Bertz CT molecular complexity index is 503. The molecule has 3 atom stereocenters. The number of hydrogen-bond donors (Lipinski definition) is 1. The van der Waals surface area contributed by atoms with Gasteiger partial charge in [0.25, 0.3) is 5.91 Å². The van der Waals surface area contributed by atoms with E-state index in [0.29, 0.717) is 12.0 Å². The van der Waals surface area contributed by atoms with Gasteiger partial charge in [0.2, 0.25) is 0 Å². The highest BCUT2D eigenvalue weighted by Gasteiger charge is 2.30. The van der Waals surface area contributed by atoms with Crippen LogP contribution in [0.25, 0.3) is 0 Å². The lowest BCUT2D eigenvalue weighted by molar-refractivity contribution is 0.0946. The molecule has 0 aliphatic carbocycles. The zero-order valence-corrected chi connectivity index (χ0v) is 12.6. The minimum absolute atomic E-state index is 0.0545. The van der Waals surface area contributed by atoms with Gasteiger partial charge in [0.1, 0.15) is 0 Å². The Labute approximate surface area is 121 Å². The third-order valence-electron chi connectivity index (χ3n) is 4.02. The molecule has 2 aliphatic rings. The molecule has 3 nitrogen and oxygen atoms in total. The van der Waals surface area contributed by atoms with Crippen LogP contribution in [0.5, 0.6) is 0 Å². The van der Waals surface area contributed by atoms with Crippen LogP contribution in [0.3, 0.4) is 0 Å². The number of rotatable bonds is 2. The van der Waals surface area contributed by atoms with Crippen LogP contribution in [-0.4, -0.2) is 25.2 Å². The van der Waals surface area contributed by atoms with Gasteiger partial charge in [0.15, 0.2) is 0 Å². The van der Waals surface area contributed by atoms with Gasteiger partial charge >= 0.3 is 0 Å². The van der Waals surface area contributed by atoms with E-state index in [1.54, 1.807) is 0 Å². The van der Waals surface area contributed by atoms with Gasteiger partial charge < -0.3 is 10.1 Å². The molecule has 102 valence electrons. The first kappa shape index (κ1) is 13.1. The molecule has 0 saturated carbocycles. The van der Waals surface area contributed by atoms with Crippen LogP contribution in [0.15, 0.2) is 18.2 Å². The second-order valence-electron chi connectivity index (χ2n) is 5.46. The predicted molar refractivity (Wildman–Crippen MR) is 77.7 cm³/mol. The summed E-state index contributed by atoms with van der Waals surface area (Å²) in [6, 6.07) is 6.27. The number of carbonyl (C=O) groups is 1. The molecule has 3 rings (SSSR count). The van der Waals surface area contributed by atoms with Gasteiger partial charge in [-0.05, 0) is 37.0 Å². The van der Waals surface area contributed by atoms with Crippen molar-refractivity contribution in [1.82, 2.24) is 5.32 Å². The standard InChI is InChI=1S/C15H18BrNO2/c1-9-6-12(8-19-9)14(16)11-3-2-10-4-5-17-15(18)13(10)7-11/h2-3,7,9,12,14H,4-6,8H2,1H3,(H,17,18). The Morgan fingerprint density at radius 2 is 2.32 bits per heavy atom. The molecule has 2 aliphatic heterocycles. The van der Waals surface area contributed by atoms with E-state index in [4.69, 9.17) is 4.74 Å². The van der Waals surface area contributed by atoms with Crippen LogP contribution in [0.4, 0.5) is 0 Å². The molecule has 0 aromatic heterocycles. The maximum absolute atomic E-state index is 11.9. The van der Waals surface area contributed by atoms with Gasteiger partial charge in [-0.3, -0.25) is 4.79 Å². The molecular formula is C15H18BrNO2. The average Bonchev–Trinajstić information content (AvgIpc) is 2.85. The third kappa shape index (κ3) is 2.56. The number of hydrogen-bond acceptors (Lipinski definition) is 2. The summed E-state index contributed by atoms with van der Waals surface area (Å²) in [4.78, 5) is 12.1. The van der Waals surface area contributed by atoms with Crippen LogP contribution < -0.4 is 5.32 Å². The lowest BCUT2D eigenvalue weighted by Gasteiger charge is -2.21. The van der Waals surface area contributed by atoms with Crippen molar-refractivity contribution in [3.63, 3.8) is 0 Å². The summed E-state index contributed by atoms with van der Waals surface area (Å²) in [5.74, 6) is 0.540. The summed E-state index contributed by atoms with van der Waals surface area (Å²) in [7, 11) is 0. The van der Waals surface area contributed by atoms with E-state index in [1.165, 1.54) is 5.56 Å². The van der Waals surface area contributed by atoms with Crippen LogP contribution in [0.1, 0.15) is 39.7 Å². The predicted octanol–water partition coefficient (Wildman–Crippen LogP) is 2.83. The van der Waals surface area contributed by atoms with Gasteiger partial charge in [-0.15, -0.1) is 0 Å². The minimum atomic E-state index is 0.0545. The summed E-state index contributed by atoms with van der Waals surface area (Å²) < 4.78 is 5.63. The lowest BCUT2D eigenvalue weighted by atomic mass is 9.92. The second-order valence-corrected chi connectivity index (χ2v) is 6.45. The summed E-state index contributed by atoms with van der Waals surface area (Å²) in [6.45, 7) is 3.65. The van der Waals surface area contributed by atoms with Crippen molar-refractivity contribution in [2.45, 2.75) is 30.7 Å². The highest BCUT2D eigenvalue weighted by Crippen LogP contribution is 2.38. The van der Waals surface area contributed by atoms with Crippen molar-refractivity contribution in [3.8, 4) is 0 Å². The molecule has 19 heavy (non-hydrogen) atoms. The van der Waals surface area contributed by atoms with Gasteiger partial charge in [0.05, 0.1) is 12.7 Å². The molecular weight excluding hydrogens is 306 g/mol. The van der Waals surface area contributed by atoms with E-state index in [-0.39, 0.29) is 10.7 Å². The lowest BCUT2D eigenvalue weighted by Crippen LogP contribution is -2.31. The molecule has 3 unspecified atom stereocenters. The van der Waals surface area contributed by atoms with E-state index >= 15 is 0 Å². The number of nitrogens with one attached hydrogen (secondary N) is 1. The number of alkyl halides is 1. The van der Waals surface area contributed by atoms with Gasteiger partial charge in [0, 0.05) is 22.9 Å². The quantitative estimate of drug-likeness (QED) is 0.850. The Morgan fingerprint density at radius 1 is 1.47 bits per heavy atom.